The van der Waals surface area contributed by atoms with E-state index in [2.05, 4.69) is 54.4 Å². The highest BCUT2D eigenvalue weighted by atomic mass is 16.5. The lowest BCUT2D eigenvalue weighted by molar-refractivity contribution is -0.142. The molecule has 6 unspecified atom stereocenters. The van der Waals surface area contributed by atoms with Gasteiger partial charge < -0.3 is 26.0 Å². The van der Waals surface area contributed by atoms with E-state index in [-0.39, 0.29) is 36.3 Å². The van der Waals surface area contributed by atoms with Gasteiger partial charge >= 0.3 is 0 Å². The molecule has 0 radical (unpaired) electrons. The summed E-state index contributed by atoms with van der Waals surface area (Å²) < 4.78 is 5.69. The second kappa shape index (κ2) is 17.8. The van der Waals surface area contributed by atoms with Crippen molar-refractivity contribution in [1.82, 2.24) is 5.32 Å². The van der Waals surface area contributed by atoms with E-state index in [9.17, 15) is 19.8 Å². The molecule has 1 saturated carbocycles. The fraction of sp³-hybridized carbons (Fsp3) is 0.435. The first-order chi connectivity index (χ1) is 25.7. The molecule has 7 nitrogen and oxygen atoms in total. The number of ether oxygens (including phenoxy) is 1. The number of aromatic hydroxyl groups is 1. The lowest BCUT2D eigenvalue weighted by Crippen LogP contribution is -2.38. The van der Waals surface area contributed by atoms with Gasteiger partial charge in [-0.15, -0.1) is 0 Å². The number of benzene rings is 3. The van der Waals surface area contributed by atoms with E-state index in [0.29, 0.717) is 43.8 Å². The minimum Gasteiger partial charge on any atom is -0.504 e. The average Bonchev–Trinajstić information content (AvgIpc) is 3.34. The van der Waals surface area contributed by atoms with E-state index in [4.69, 9.17) is 10.5 Å². The molecule has 1 fully saturated rings. The van der Waals surface area contributed by atoms with Crippen molar-refractivity contribution in [2.24, 2.45) is 29.4 Å². The molecular formula is C46H54N2O5. The summed E-state index contributed by atoms with van der Waals surface area (Å²) in [5, 5.41) is 26.4. The zero-order valence-corrected chi connectivity index (χ0v) is 31.2. The number of phenols is 1. The topological polar surface area (TPSA) is 122 Å². The Labute approximate surface area is 314 Å². The number of nitrogens with two attached hydrogens (primary N) is 1. The summed E-state index contributed by atoms with van der Waals surface area (Å²) in [5.41, 5.74) is 11.9. The Hall–Kier alpha value is -4.80. The van der Waals surface area contributed by atoms with Crippen LogP contribution in [0.1, 0.15) is 92.0 Å². The minimum atomic E-state index is -1.70. The number of nitrogens with one attached hydrogen (secondary N) is 1. The van der Waals surface area contributed by atoms with Crippen LogP contribution in [0.3, 0.4) is 0 Å². The van der Waals surface area contributed by atoms with Crippen molar-refractivity contribution in [3.8, 4) is 23.3 Å². The molecule has 2 aliphatic carbocycles. The zero-order valence-electron chi connectivity index (χ0n) is 31.2. The number of aliphatic hydroxyl groups is 1. The van der Waals surface area contributed by atoms with Crippen LogP contribution in [-0.2, 0) is 28.9 Å². The molecule has 0 bridgehead atoms. The number of Topliss-reactive ketones (excluding diaryl/α,β-unsaturated/α-hetero) is 2. The van der Waals surface area contributed by atoms with E-state index in [1.165, 1.54) is 12.7 Å². The van der Waals surface area contributed by atoms with Crippen LogP contribution >= 0.6 is 0 Å². The molecule has 1 heterocycles. The maximum atomic E-state index is 14.3. The largest absolute Gasteiger partial charge is 0.504 e. The molecule has 3 aromatic rings. The summed E-state index contributed by atoms with van der Waals surface area (Å²) in [4.78, 5) is 28.1. The maximum Gasteiger partial charge on any atom is 0.173 e. The molecule has 5 N–H and O–H groups in total. The van der Waals surface area contributed by atoms with Gasteiger partial charge in [-0.25, -0.2) is 0 Å². The van der Waals surface area contributed by atoms with Gasteiger partial charge in [-0.3, -0.25) is 9.59 Å². The number of carbonyl (C=O) groups excluding carboxylic acids is 2. The van der Waals surface area contributed by atoms with E-state index in [1.807, 2.05) is 42.5 Å². The first-order valence-corrected chi connectivity index (χ1v) is 19.4. The number of allylic oxidation sites excluding steroid dienone is 2. The predicted octanol–water partition coefficient (Wildman–Crippen LogP) is 7.33. The highest BCUT2D eigenvalue weighted by Gasteiger charge is 2.40. The number of aliphatic hydroxyl groups excluding tert-OH is 1. The summed E-state index contributed by atoms with van der Waals surface area (Å²) in [6.45, 7) is 2.87. The summed E-state index contributed by atoms with van der Waals surface area (Å²) in [7, 11) is 1.53. The quantitative estimate of drug-likeness (QED) is 0.128. The number of rotatable bonds is 10. The Bertz CT molecular complexity index is 1870. The van der Waals surface area contributed by atoms with Crippen LogP contribution in [-0.4, -0.2) is 41.5 Å². The van der Waals surface area contributed by atoms with Crippen molar-refractivity contribution in [2.75, 3.05) is 13.7 Å². The smallest absolute Gasteiger partial charge is 0.173 e. The zero-order chi connectivity index (χ0) is 37.3. The van der Waals surface area contributed by atoms with Gasteiger partial charge in [-0.1, -0.05) is 105 Å². The third-order valence-electron chi connectivity index (χ3n) is 11.5. The van der Waals surface area contributed by atoms with Crippen molar-refractivity contribution in [3.63, 3.8) is 0 Å². The number of hydrogen-bond acceptors (Lipinski definition) is 7. The summed E-state index contributed by atoms with van der Waals surface area (Å²) in [5.74, 6) is 6.71. The van der Waals surface area contributed by atoms with Gasteiger partial charge in [-0.05, 0) is 96.8 Å². The Kier molecular flexibility index (Phi) is 12.8. The van der Waals surface area contributed by atoms with Crippen LogP contribution in [0.4, 0.5) is 0 Å². The Morgan fingerprint density at radius 1 is 0.943 bits per heavy atom. The monoisotopic (exact) mass is 714 g/mol. The Morgan fingerprint density at radius 3 is 2.42 bits per heavy atom. The van der Waals surface area contributed by atoms with Crippen LogP contribution in [0, 0.1) is 35.5 Å². The number of hydrogen-bond donors (Lipinski definition) is 4. The van der Waals surface area contributed by atoms with Crippen LogP contribution in [0.15, 0.2) is 90.3 Å². The Balaban J connectivity index is 1.51. The number of methoxy groups -OCH3 is 1. The first-order valence-electron chi connectivity index (χ1n) is 19.4. The van der Waals surface area contributed by atoms with E-state index in [1.54, 1.807) is 6.07 Å². The van der Waals surface area contributed by atoms with Crippen molar-refractivity contribution < 1.29 is 24.5 Å². The van der Waals surface area contributed by atoms with E-state index in [0.717, 1.165) is 59.9 Å². The molecule has 1 aliphatic heterocycles. The summed E-state index contributed by atoms with van der Waals surface area (Å²) in [6, 6.07) is 22.1. The normalized spacial score (nSPS) is 24.7. The van der Waals surface area contributed by atoms with Crippen LogP contribution in [0.5, 0.6) is 11.5 Å². The number of aryl methyl sites for hydroxylation is 2. The third-order valence-corrected chi connectivity index (χ3v) is 11.5. The van der Waals surface area contributed by atoms with Gasteiger partial charge in [0, 0.05) is 30.4 Å². The number of phenolic OH excluding ortho intramolecular Hbond substituents is 1. The third kappa shape index (κ3) is 9.23. The maximum absolute atomic E-state index is 14.3. The molecule has 3 aliphatic rings. The number of unbranched alkanes of at least 4 members (excludes halogenated alkanes) is 1. The van der Waals surface area contributed by atoms with Gasteiger partial charge in [0.15, 0.2) is 29.2 Å². The molecule has 3 aromatic carbocycles. The van der Waals surface area contributed by atoms with Gasteiger partial charge in [0.1, 0.15) is 0 Å². The molecule has 0 spiro atoms. The molecule has 6 rings (SSSR count). The molecule has 7 heteroatoms. The number of ketones is 2. The van der Waals surface area contributed by atoms with Gasteiger partial charge in [0.2, 0.25) is 0 Å². The molecule has 6 atom stereocenters. The lowest BCUT2D eigenvalue weighted by atomic mass is 9.76. The molecule has 53 heavy (non-hydrogen) atoms. The summed E-state index contributed by atoms with van der Waals surface area (Å²) in [6.07, 6.45) is 10.1. The Morgan fingerprint density at radius 2 is 1.70 bits per heavy atom. The van der Waals surface area contributed by atoms with Crippen LogP contribution in [0.25, 0.3) is 0 Å². The van der Waals surface area contributed by atoms with Crippen molar-refractivity contribution >= 4 is 11.6 Å². The SMILES string of the molecule is CCCCC1CC(CC2=CCNC(N)=C2)CC2C#CC(c3ccccc3)c3c(cc(OC)c(O)c3CCc3ccccc3)CCC(=O)C(O)C(=O)C2C1. The molecular weight excluding hydrogens is 661 g/mol. The van der Waals surface area contributed by atoms with Gasteiger partial charge in [-0.2, -0.15) is 0 Å². The second-order valence-corrected chi connectivity index (χ2v) is 15.1. The van der Waals surface area contributed by atoms with Gasteiger partial charge in [0.25, 0.3) is 0 Å². The van der Waals surface area contributed by atoms with Gasteiger partial charge in [0.05, 0.1) is 18.8 Å². The van der Waals surface area contributed by atoms with Crippen molar-refractivity contribution in [3.05, 3.63) is 118 Å². The van der Waals surface area contributed by atoms with E-state index < -0.39 is 29.5 Å². The molecule has 0 amide bonds. The number of fused-ring (bicyclic) bond motifs is 2. The predicted molar refractivity (Wildman–Crippen MR) is 209 cm³/mol. The second-order valence-electron chi connectivity index (χ2n) is 15.1. The number of carbonyl (C=O) groups is 2. The average molecular weight is 715 g/mol. The minimum absolute atomic E-state index is 0.0177. The van der Waals surface area contributed by atoms with Crippen molar-refractivity contribution in [2.45, 2.75) is 89.6 Å². The molecule has 278 valence electrons. The highest BCUT2D eigenvalue weighted by Crippen LogP contribution is 2.44. The fourth-order valence-corrected chi connectivity index (χ4v) is 8.74. The van der Waals surface area contributed by atoms with Crippen LogP contribution in [0.2, 0.25) is 0 Å². The number of dihydropyridines is 1. The highest BCUT2D eigenvalue weighted by molar-refractivity contribution is 6.06. The first kappa shape index (κ1) is 37.9. The molecule has 0 saturated heterocycles. The standard InChI is InChI=1S/C46H54N2O5/c1-3-4-11-31-24-33(25-32-22-23-48-42(47)28-32)26-35-17-20-37(34-14-9-6-10-15-34)43-36(18-21-40(49)46(52)45(51)39(35)27-31)29-41(53-2)44(50)38(43)19-16-30-12-7-5-8-13-30/h5-10,12-15,22,28-29,31,33,35,37,39,46,48,50,52H,3-4,11,16,18-19,21,23-27,47H2,1-2H3. The lowest BCUT2D eigenvalue weighted by Gasteiger charge is -2.27. The fourth-order valence-electron chi connectivity index (χ4n) is 8.74. The molecule has 0 aromatic heterocycles. The van der Waals surface area contributed by atoms with Crippen LogP contribution < -0.4 is 15.8 Å². The summed E-state index contributed by atoms with van der Waals surface area (Å²) >= 11 is 0. The van der Waals surface area contributed by atoms with E-state index >= 15 is 0 Å². The van der Waals surface area contributed by atoms with Crippen molar-refractivity contribution in [1.29, 1.82) is 0 Å².